The summed E-state index contributed by atoms with van der Waals surface area (Å²) < 4.78 is 1.62. The molecule has 0 fully saturated rings. The SMILES string of the molecule is Cc1csc(CCNc2cc(Cl)nc3ncnn23)n1. The Hall–Kier alpha value is -1.73. The minimum atomic E-state index is 0.396. The van der Waals surface area contributed by atoms with Crippen molar-refractivity contribution in [2.45, 2.75) is 13.3 Å². The second kappa shape index (κ2) is 5.10. The molecule has 0 atom stereocenters. The van der Waals surface area contributed by atoms with Gasteiger partial charge in [0.05, 0.1) is 5.01 Å². The quantitative estimate of drug-likeness (QED) is 0.747. The molecular formula is C11H11ClN6S. The lowest BCUT2D eigenvalue weighted by Gasteiger charge is -2.06. The van der Waals surface area contributed by atoms with E-state index in [4.69, 9.17) is 11.6 Å². The molecule has 19 heavy (non-hydrogen) atoms. The van der Waals surface area contributed by atoms with Crippen molar-refractivity contribution in [2.24, 2.45) is 0 Å². The largest absolute Gasteiger partial charge is 0.369 e. The Balaban J connectivity index is 1.73. The van der Waals surface area contributed by atoms with Crippen molar-refractivity contribution in [3.05, 3.63) is 33.6 Å². The Morgan fingerprint density at radius 1 is 1.42 bits per heavy atom. The maximum absolute atomic E-state index is 5.94. The third-order valence-electron chi connectivity index (χ3n) is 2.53. The van der Waals surface area contributed by atoms with Gasteiger partial charge in [-0.25, -0.2) is 4.98 Å². The van der Waals surface area contributed by atoms with Crippen LogP contribution in [0.15, 0.2) is 17.8 Å². The molecule has 0 aromatic carbocycles. The Bertz CT molecular complexity index is 706. The summed E-state index contributed by atoms with van der Waals surface area (Å²) in [6.45, 7) is 2.75. The van der Waals surface area contributed by atoms with Gasteiger partial charge in [0.1, 0.15) is 17.3 Å². The summed E-state index contributed by atoms with van der Waals surface area (Å²) in [5, 5.41) is 10.9. The van der Waals surface area contributed by atoms with Gasteiger partial charge in [-0.05, 0) is 6.92 Å². The molecule has 3 rings (SSSR count). The molecular weight excluding hydrogens is 284 g/mol. The van der Waals surface area contributed by atoms with Crippen LogP contribution in [-0.2, 0) is 6.42 Å². The van der Waals surface area contributed by atoms with Crippen molar-refractivity contribution in [3.63, 3.8) is 0 Å². The van der Waals surface area contributed by atoms with Gasteiger partial charge >= 0.3 is 0 Å². The van der Waals surface area contributed by atoms with Gasteiger partial charge in [0.15, 0.2) is 0 Å². The van der Waals surface area contributed by atoms with E-state index < -0.39 is 0 Å². The van der Waals surface area contributed by atoms with E-state index in [2.05, 4.69) is 25.4 Å². The maximum atomic E-state index is 5.94. The highest BCUT2D eigenvalue weighted by Gasteiger charge is 2.06. The third-order valence-corrected chi connectivity index (χ3v) is 3.75. The first-order valence-corrected chi connectivity index (χ1v) is 6.99. The zero-order valence-electron chi connectivity index (χ0n) is 10.2. The Morgan fingerprint density at radius 3 is 3.11 bits per heavy atom. The monoisotopic (exact) mass is 294 g/mol. The highest BCUT2D eigenvalue weighted by Crippen LogP contribution is 2.15. The fourth-order valence-electron chi connectivity index (χ4n) is 1.72. The van der Waals surface area contributed by atoms with Crippen LogP contribution < -0.4 is 5.32 Å². The molecule has 0 unspecified atom stereocenters. The summed E-state index contributed by atoms with van der Waals surface area (Å²) >= 11 is 7.61. The van der Waals surface area contributed by atoms with Gasteiger partial charge < -0.3 is 5.32 Å². The molecule has 0 radical (unpaired) electrons. The number of hydrogen-bond donors (Lipinski definition) is 1. The number of anilines is 1. The van der Waals surface area contributed by atoms with Gasteiger partial charge in [-0.2, -0.15) is 19.6 Å². The molecule has 0 spiro atoms. The van der Waals surface area contributed by atoms with Crippen LogP contribution in [0.2, 0.25) is 5.15 Å². The van der Waals surface area contributed by atoms with Crippen LogP contribution in [0, 0.1) is 6.92 Å². The first kappa shape index (κ1) is 12.3. The summed E-state index contributed by atoms with van der Waals surface area (Å²) in [5.41, 5.74) is 1.06. The zero-order valence-corrected chi connectivity index (χ0v) is 11.7. The van der Waals surface area contributed by atoms with Gasteiger partial charge in [0.2, 0.25) is 0 Å². The highest BCUT2D eigenvalue weighted by molar-refractivity contribution is 7.09. The van der Waals surface area contributed by atoms with Crippen molar-refractivity contribution in [3.8, 4) is 0 Å². The number of nitrogens with one attached hydrogen (secondary N) is 1. The molecule has 0 bridgehead atoms. The molecule has 6 nitrogen and oxygen atoms in total. The maximum Gasteiger partial charge on any atom is 0.255 e. The van der Waals surface area contributed by atoms with E-state index in [-0.39, 0.29) is 0 Å². The molecule has 0 aliphatic heterocycles. The van der Waals surface area contributed by atoms with Crippen LogP contribution in [0.25, 0.3) is 5.78 Å². The number of halogens is 1. The fourth-order valence-corrected chi connectivity index (χ4v) is 2.68. The molecule has 3 aromatic heterocycles. The summed E-state index contributed by atoms with van der Waals surface area (Å²) in [4.78, 5) is 12.5. The van der Waals surface area contributed by atoms with E-state index in [9.17, 15) is 0 Å². The smallest absolute Gasteiger partial charge is 0.255 e. The standard InChI is InChI=1S/C11H11ClN6S/c1-7-5-19-10(16-7)2-3-13-9-4-8(12)17-11-14-6-15-18(9)11/h4-6,13H,2-3H2,1H3. The molecule has 0 aliphatic carbocycles. The Labute approximate surface area is 118 Å². The number of fused-ring (bicyclic) bond motifs is 1. The van der Waals surface area contributed by atoms with E-state index >= 15 is 0 Å². The van der Waals surface area contributed by atoms with Crippen LogP contribution >= 0.6 is 22.9 Å². The lowest BCUT2D eigenvalue weighted by Crippen LogP contribution is -2.09. The van der Waals surface area contributed by atoms with Crippen LogP contribution in [0.1, 0.15) is 10.7 Å². The van der Waals surface area contributed by atoms with E-state index in [1.165, 1.54) is 6.33 Å². The normalized spacial score (nSPS) is 11.1. The van der Waals surface area contributed by atoms with E-state index in [1.807, 2.05) is 12.3 Å². The van der Waals surface area contributed by atoms with Gasteiger partial charge in [-0.15, -0.1) is 11.3 Å². The number of nitrogens with zero attached hydrogens (tertiary/aromatic N) is 5. The second-order valence-electron chi connectivity index (χ2n) is 4.00. The van der Waals surface area contributed by atoms with E-state index in [0.29, 0.717) is 10.9 Å². The predicted molar refractivity (Wildman–Crippen MR) is 74.8 cm³/mol. The highest BCUT2D eigenvalue weighted by atomic mass is 35.5. The van der Waals surface area contributed by atoms with Crippen molar-refractivity contribution in [1.82, 2.24) is 24.6 Å². The molecule has 0 saturated heterocycles. The van der Waals surface area contributed by atoms with Gasteiger partial charge in [0, 0.05) is 30.1 Å². The molecule has 98 valence electrons. The summed E-state index contributed by atoms with van der Waals surface area (Å²) in [5.74, 6) is 1.26. The van der Waals surface area contributed by atoms with Crippen molar-refractivity contribution in [1.29, 1.82) is 0 Å². The summed E-state index contributed by atoms with van der Waals surface area (Å²) in [6.07, 6.45) is 2.31. The van der Waals surface area contributed by atoms with Gasteiger partial charge in [0.25, 0.3) is 5.78 Å². The average molecular weight is 295 g/mol. The van der Waals surface area contributed by atoms with Crippen LogP contribution in [0.5, 0.6) is 0 Å². The van der Waals surface area contributed by atoms with Gasteiger partial charge in [-0.3, -0.25) is 0 Å². The topological polar surface area (TPSA) is 68.0 Å². The fraction of sp³-hybridized carbons (Fsp3) is 0.273. The number of aryl methyl sites for hydroxylation is 1. The first-order chi connectivity index (χ1) is 9.22. The van der Waals surface area contributed by atoms with E-state index in [0.717, 1.165) is 29.5 Å². The summed E-state index contributed by atoms with van der Waals surface area (Å²) in [7, 11) is 0. The molecule has 0 aliphatic rings. The minimum Gasteiger partial charge on any atom is -0.369 e. The van der Waals surface area contributed by atoms with E-state index in [1.54, 1.807) is 21.9 Å². The lowest BCUT2D eigenvalue weighted by molar-refractivity contribution is 0.908. The predicted octanol–water partition coefficient (Wildman–Crippen LogP) is 2.20. The van der Waals surface area contributed by atoms with Crippen LogP contribution in [0.4, 0.5) is 5.82 Å². The van der Waals surface area contributed by atoms with Crippen molar-refractivity contribution in [2.75, 3.05) is 11.9 Å². The Morgan fingerprint density at radius 2 is 2.32 bits per heavy atom. The van der Waals surface area contributed by atoms with Crippen molar-refractivity contribution < 1.29 is 0 Å². The number of rotatable bonds is 4. The molecule has 0 amide bonds. The molecule has 1 N–H and O–H groups in total. The number of hydrogen-bond acceptors (Lipinski definition) is 6. The molecule has 8 heteroatoms. The second-order valence-corrected chi connectivity index (χ2v) is 5.33. The number of aromatic nitrogens is 5. The first-order valence-electron chi connectivity index (χ1n) is 5.73. The molecule has 0 saturated carbocycles. The lowest BCUT2D eigenvalue weighted by atomic mass is 10.4. The average Bonchev–Trinajstić information content (AvgIpc) is 2.98. The number of thiazole rings is 1. The van der Waals surface area contributed by atoms with Gasteiger partial charge in [-0.1, -0.05) is 11.6 Å². The Kier molecular flexibility index (Phi) is 3.31. The van der Waals surface area contributed by atoms with Crippen molar-refractivity contribution >= 4 is 34.5 Å². The van der Waals surface area contributed by atoms with Crippen LogP contribution in [-0.4, -0.2) is 31.1 Å². The third kappa shape index (κ3) is 2.66. The van der Waals surface area contributed by atoms with Crippen LogP contribution in [0.3, 0.4) is 0 Å². The minimum absolute atomic E-state index is 0.396. The molecule has 3 aromatic rings. The summed E-state index contributed by atoms with van der Waals surface area (Å²) in [6, 6.07) is 1.73. The zero-order chi connectivity index (χ0) is 13.2. The molecule has 3 heterocycles.